The fraction of sp³-hybridized carbons (Fsp3) is 0.400. The van der Waals surface area contributed by atoms with E-state index in [1.807, 2.05) is 0 Å². The second kappa shape index (κ2) is 8.73. The SMILES string of the molecule is COc1ccc(S(=O)(=O)Nc2ccc(C)c(S(=O)(=O)N3CCCCCC3)c2)cc1. The number of rotatable bonds is 6. The second-order valence-corrected chi connectivity index (χ2v) is 10.7. The van der Waals surface area contributed by atoms with Crippen molar-refractivity contribution in [2.75, 3.05) is 24.9 Å². The number of sulfonamides is 2. The van der Waals surface area contributed by atoms with Crippen molar-refractivity contribution in [3.63, 3.8) is 0 Å². The van der Waals surface area contributed by atoms with Crippen molar-refractivity contribution in [3.05, 3.63) is 48.0 Å². The predicted octanol–water partition coefficient (Wildman–Crippen LogP) is 3.37. The van der Waals surface area contributed by atoms with Crippen LogP contribution in [0.2, 0.25) is 0 Å². The van der Waals surface area contributed by atoms with Crippen LogP contribution in [-0.4, -0.2) is 41.3 Å². The highest BCUT2D eigenvalue weighted by atomic mass is 32.2. The molecule has 0 atom stereocenters. The quantitative estimate of drug-likeness (QED) is 0.746. The fourth-order valence-electron chi connectivity index (χ4n) is 3.33. The molecule has 0 aliphatic carbocycles. The number of ether oxygens (including phenoxy) is 1. The van der Waals surface area contributed by atoms with E-state index in [0.717, 1.165) is 25.7 Å². The van der Waals surface area contributed by atoms with Crippen molar-refractivity contribution in [2.24, 2.45) is 0 Å². The van der Waals surface area contributed by atoms with Crippen LogP contribution in [0.15, 0.2) is 52.3 Å². The molecular formula is C20H26N2O5S2. The molecular weight excluding hydrogens is 412 g/mol. The first-order valence-corrected chi connectivity index (χ1v) is 12.4. The number of methoxy groups -OCH3 is 1. The zero-order chi connectivity index (χ0) is 21.1. The third kappa shape index (κ3) is 4.91. The maximum atomic E-state index is 13.2. The van der Waals surface area contributed by atoms with E-state index in [1.54, 1.807) is 31.2 Å². The molecule has 0 amide bonds. The molecule has 1 aliphatic rings. The van der Waals surface area contributed by atoms with E-state index in [9.17, 15) is 16.8 Å². The maximum absolute atomic E-state index is 13.2. The maximum Gasteiger partial charge on any atom is 0.261 e. The van der Waals surface area contributed by atoms with Gasteiger partial charge in [0.15, 0.2) is 0 Å². The van der Waals surface area contributed by atoms with Crippen molar-refractivity contribution in [1.82, 2.24) is 4.31 Å². The zero-order valence-corrected chi connectivity index (χ0v) is 18.2. The lowest BCUT2D eigenvalue weighted by Gasteiger charge is -2.21. The van der Waals surface area contributed by atoms with Gasteiger partial charge >= 0.3 is 0 Å². The largest absolute Gasteiger partial charge is 0.497 e. The van der Waals surface area contributed by atoms with Crippen LogP contribution in [0.5, 0.6) is 5.75 Å². The number of aryl methyl sites for hydroxylation is 1. The smallest absolute Gasteiger partial charge is 0.261 e. The van der Waals surface area contributed by atoms with Gasteiger partial charge in [0.1, 0.15) is 5.75 Å². The van der Waals surface area contributed by atoms with E-state index < -0.39 is 20.0 Å². The molecule has 0 bridgehead atoms. The molecule has 7 nitrogen and oxygen atoms in total. The minimum absolute atomic E-state index is 0.0656. The van der Waals surface area contributed by atoms with Gasteiger partial charge in [-0.15, -0.1) is 0 Å². The van der Waals surface area contributed by atoms with E-state index in [1.165, 1.54) is 29.6 Å². The van der Waals surface area contributed by atoms with Crippen molar-refractivity contribution in [3.8, 4) is 5.75 Å². The summed E-state index contributed by atoms with van der Waals surface area (Å²) in [6.07, 6.45) is 3.71. The van der Waals surface area contributed by atoms with Crippen molar-refractivity contribution >= 4 is 25.7 Å². The number of benzene rings is 2. The van der Waals surface area contributed by atoms with E-state index in [4.69, 9.17) is 4.74 Å². The topological polar surface area (TPSA) is 92.8 Å². The molecule has 0 radical (unpaired) electrons. The average Bonchev–Trinajstić information content (AvgIpc) is 2.99. The van der Waals surface area contributed by atoms with E-state index in [2.05, 4.69) is 4.72 Å². The Hall–Kier alpha value is -2.10. The minimum atomic E-state index is -3.86. The third-order valence-electron chi connectivity index (χ3n) is 4.99. The molecule has 29 heavy (non-hydrogen) atoms. The van der Waals surface area contributed by atoms with Gasteiger partial charge in [0, 0.05) is 13.1 Å². The van der Waals surface area contributed by atoms with Gasteiger partial charge < -0.3 is 4.74 Å². The number of nitrogens with one attached hydrogen (secondary N) is 1. The molecule has 1 heterocycles. The molecule has 0 unspecified atom stereocenters. The van der Waals surface area contributed by atoms with Gasteiger partial charge in [-0.25, -0.2) is 16.8 Å². The summed E-state index contributed by atoms with van der Waals surface area (Å²) in [5, 5.41) is 0. The molecule has 1 fully saturated rings. The lowest BCUT2D eigenvalue weighted by atomic mass is 10.2. The van der Waals surface area contributed by atoms with Crippen LogP contribution in [-0.2, 0) is 20.0 Å². The third-order valence-corrected chi connectivity index (χ3v) is 8.43. The van der Waals surface area contributed by atoms with Crippen LogP contribution in [0.1, 0.15) is 31.2 Å². The molecule has 158 valence electrons. The Balaban J connectivity index is 1.90. The van der Waals surface area contributed by atoms with Gasteiger partial charge in [-0.05, 0) is 61.7 Å². The van der Waals surface area contributed by atoms with Crippen LogP contribution in [0, 0.1) is 6.92 Å². The van der Waals surface area contributed by atoms with Crippen LogP contribution in [0.3, 0.4) is 0 Å². The molecule has 1 saturated heterocycles. The number of anilines is 1. The first-order chi connectivity index (χ1) is 13.7. The number of hydrogen-bond acceptors (Lipinski definition) is 5. The van der Waals surface area contributed by atoms with E-state index in [0.29, 0.717) is 24.4 Å². The van der Waals surface area contributed by atoms with Gasteiger partial charge in [0.25, 0.3) is 10.0 Å². The lowest BCUT2D eigenvalue weighted by Crippen LogP contribution is -2.32. The molecule has 1 aliphatic heterocycles. The first kappa shape index (κ1) is 21.6. The van der Waals surface area contributed by atoms with Crippen molar-refractivity contribution in [2.45, 2.75) is 42.4 Å². The Morgan fingerprint density at radius 2 is 1.52 bits per heavy atom. The van der Waals surface area contributed by atoms with Crippen molar-refractivity contribution in [1.29, 1.82) is 0 Å². The lowest BCUT2D eigenvalue weighted by molar-refractivity contribution is 0.414. The summed E-state index contributed by atoms with van der Waals surface area (Å²) >= 11 is 0. The van der Waals surface area contributed by atoms with E-state index >= 15 is 0 Å². The molecule has 2 aromatic rings. The van der Waals surface area contributed by atoms with Gasteiger partial charge in [-0.1, -0.05) is 18.9 Å². The number of nitrogens with zero attached hydrogens (tertiary/aromatic N) is 1. The molecule has 3 rings (SSSR count). The Bertz CT molecular complexity index is 1060. The zero-order valence-electron chi connectivity index (χ0n) is 16.6. The first-order valence-electron chi connectivity index (χ1n) is 9.52. The Morgan fingerprint density at radius 3 is 2.10 bits per heavy atom. The van der Waals surface area contributed by atoms with Crippen molar-refractivity contribution < 1.29 is 21.6 Å². The number of hydrogen-bond donors (Lipinski definition) is 1. The Kier molecular flexibility index (Phi) is 6.50. The molecule has 0 spiro atoms. The summed E-state index contributed by atoms with van der Waals surface area (Å²) in [7, 11) is -6.04. The normalized spacial score (nSPS) is 16.2. The highest BCUT2D eigenvalue weighted by Crippen LogP contribution is 2.27. The highest BCUT2D eigenvalue weighted by molar-refractivity contribution is 7.92. The van der Waals surface area contributed by atoms with Gasteiger partial charge in [0.05, 0.1) is 22.6 Å². The minimum Gasteiger partial charge on any atom is -0.497 e. The molecule has 1 N–H and O–H groups in total. The van der Waals surface area contributed by atoms with Crippen LogP contribution in [0.4, 0.5) is 5.69 Å². The fourth-order valence-corrected chi connectivity index (χ4v) is 6.15. The molecule has 0 aromatic heterocycles. The molecule has 2 aromatic carbocycles. The van der Waals surface area contributed by atoms with Crippen LogP contribution >= 0.6 is 0 Å². The van der Waals surface area contributed by atoms with Gasteiger partial charge in [0.2, 0.25) is 10.0 Å². The summed E-state index contributed by atoms with van der Waals surface area (Å²) in [4.78, 5) is 0.199. The standard InChI is InChI=1S/C20H26N2O5S2/c1-16-7-8-17(21-28(23,24)19-11-9-18(27-2)10-12-19)15-20(16)29(25,26)22-13-5-3-4-6-14-22/h7-12,15,21H,3-6,13-14H2,1-2H3. The Labute approximate surface area is 172 Å². The molecule has 9 heteroatoms. The predicted molar refractivity (Wildman–Crippen MR) is 112 cm³/mol. The average molecular weight is 439 g/mol. The van der Waals surface area contributed by atoms with Crippen LogP contribution in [0.25, 0.3) is 0 Å². The summed E-state index contributed by atoms with van der Waals surface area (Å²) in [5.41, 5.74) is 0.793. The summed E-state index contributed by atoms with van der Waals surface area (Å²) in [5.74, 6) is 0.546. The summed E-state index contributed by atoms with van der Waals surface area (Å²) < 4.78 is 60.7. The molecule has 0 saturated carbocycles. The van der Waals surface area contributed by atoms with Crippen LogP contribution < -0.4 is 9.46 Å². The van der Waals surface area contributed by atoms with Gasteiger partial charge in [-0.2, -0.15) is 4.31 Å². The summed E-state index contributed by atoms with van der Waals surface area (Å²) in [6.45, 7) is 2.69. The highest BCUT2D eigenvalue weighted by Gasteiger charge is 2.27. The van der Waals surface area contributed by atoms with Gasteiger partial charge in [-0.3, -0.25) is 4.72 Å². The monoisotopic (exact) mass is 438 g/mol. The summed E-state index contributed by atoms with van der Waals surface area (Å²) in [6, 6.07) is 10.6. The second-order valence-electron chi connectivity index (χ2n) is 7.08. The van der Waals surface area contributed by atoms with E-state index in [-0.39, 0.29) is 15.5 Å². The Morgan fingerprint density at radius 1 is 0.897 bits per heavy atom.